The normalized spacial score (nSPS) is 10.2. The quantitative estimate of drug-likeness (QED) is 0.780. The van der Waals surface area contributed by atoms with E-state index in [0.29, 0.717) is 17.9 Å². The summed E-state index contributed by atoms with van der Waals surface area (Å²) in [4.78, 5) is 15.0. The second kappa shape index (κ2) is 5.34. The second-order valence-corrected chi connectivity index (χ2v) is 3.92. The minimum atomic E-state index is -0.816. The summed E-state index contributed by atoms with van der Waals surface area (Å²) >= 11 is 0. The van der Waals surface area contributed by atoms with Crippen LogP contribution >= 0.6 is 0 Å². The lowest BCUT2D eigenvalue weighted by Gasteiger charge is -2.07. The first-order valence-electron chi connectivity index (χ1n) is 5.53. The maximum Gasteiger partial charge on any atom is 0.251 e. The van der Waals surface area contributed by atoms with Crippen molar-refractivity contribution >= 4 is 11.6 Å². The van der Waals surface area contributed by atoms with Gasteiger partial charge in [0.05, 0.1) is 24.0 Å². The summed E-state index contributed by atoms with van der Waals surface area (Å²) in [6, 6.07) is 7.19. The molecule has 0 spiro atoms. The van der Waals surface area contributed by atoms with Crippen molar-refractivity contribution in [3.8, 4) is 5.75 Å². The fourth-order valence-electron chi connectivity index (χ4n) is 1.54. The van der Waals surface area contributed by atoms with Crippen LogP contribution < -0.4 is 11.1 Å². The fraction of sp³-hybridized carbons (Fsp3) is 0.0769. The number of hydrogen-bond acceptors (Lipinski definition) is 4. The van der Waals surface area contributed by atoms with Crippen LogP contribution in [-0.2, 0) is 6.54 Å². The first-order valence-corrected chi connectivity index (χ1v) is 5.53. The molecule has 0 saturated carbocycles. The zero-order valence-corrected chi connectivity index (χ0v) is 9.93. The number of halogens is 1. The van der Waals surface area contributed by atoms with Crippen molar-refractivity contribution in [3.63, 3.8) is 0 Å². The van der Waals surface area contributed by atoms with Gasteiger partial charge in [0.25, 0.3) is 5.91 Å². The maximum absolute atomic E-state index is 13.3. The van der Waals surface area contributed by atoms with Gasteiger partial charge in [-0.1, -0.05) is 0 Å². The molecule has 0 unspecified atom stereocenters. The third-order valence-electron chi connectivity index (χ3n) is 2.51. The van der Waals surface area contributed by atoms with Crippen molar-refractivity contribution in [2.45, 2.75) is 6.54 Å². The molecule has 0 radical (unpaired) electrons. The third-order valence-corrected chi connectivity index (χ3v) is 2.51. The zero-order valence-electron chi connectivity index (χ0n) is 9.93. The first kappa shape index (κ1) is 12.8. The standard InChI is InChI=1S/C13H12FN3O2/c14-12-4-2-8(5-11(12)13(15)19)16-6-9-1-3-10(18)7-17-9/h1-5,7,16,18H,6H2,(H2,15,19). The predicted octanol–water partition coefficient (Wildman–Crippen LogP) is 1.64. The van der Waals surface area contributed by atoms with Gasteiger partial charge < -0.3 is 16.2 Å². The van der Waals surface area contributed by atoms with Crippen LogP contribution in [0.4, 0.5) is 10.1 Å². The van der Waals surface area contributed by atoms with E-state index in [1.54, 1.807) is 6.07 Å². The van der Waals surface area contributed by atoms with Crippen molar-refractivity contribution in [2.75, 3.05) is 5.32 Å². The van der Waals surface area contributed by atoms with Gasteiger partial charge in [0, 0.05) is 5.69 Å². The SMILES string of the molecule is NC(=O)c1cc(NCc2ccc(O)cn2)ccc1F. The monoisotopic (exact) mass is 261 g/mol. The van der Waals surface area contributed by atoms with Crippen LogP contribution in [0.25, 0.3) is 0 Å². The molecule has 0 aliphatic rings. The number of aromatic hydroxyl groups is 1. The Labute approximate surface area is 108 Å². The summed E-state index contributed by atoms with van der Waals surface area (Å²) < 4.78 is 13.3. The topological polar surface area (TPSA) is 88.2 Å². The number of anilines is 1. The number of hydrogen-bond donors (Lipinski definition) is 3. The molecule has 1 aromatic heterocycles. The summed E-state index contributed by atoms with van der Waals surface area (Å²) in [5.41, 5.74) is 6.15. The molecule has 0 aliphatic heterocycles. The molecule has 0 saturated heterocycles. The summed E-state index contributed by atoms with van der Waals surface area (Å²) in [5.74, 6) is -1.38. The minimum absolute atomic E-state index is 0.0848. The van der Waals surface area contributed by atoms with E-state index in [2.05, 4.69) is 10.3 Å². The number of aromatic nitrogens is 1. The molecule has 1 aromatic carbocycles. The average Bonchev–Trinajstić information content (AvgIpc) is 2.39. The highest BCUT2D eigenvalue weighted by Gasteiger charge is 2.08. The van der Waals surface area contributed by atoms with Crippen LogP contribution in [0.3, 0.4) is 0 Å². The Kier molecular flexibility index (Phi) is 3.61. The summed E-state index contributed by atoms with van der Waals surface area (Å²) in [6.45, 7) is 0.379. The lowest BCUT2D eigenvalue weighted by molar-refractivity contribution is 0.0996. The molecule has 0 aliphatic carbocycles. The van der Waals surface area contributed by atoms with E-state index in [1.807, 2.05) is 0 Å². The van der Waals surface area contributed by atoms with Gasteiger partial charge in [-0.05, 0) is 30.3 Å². The molecular formula is C13H12FN3O2. The van der Waals surface area contributed by atoms with E-state index in [1.165, 1.54) is 30.5 Å². The van der Waals surface area contributed by atoms with Gasteiger partial charge in [0.1, 0.15) is 11.6 Å². The number of nitrogens with two attached hydrogens (primary N) is 1. The van der Waals surface area contributed by atoms with Gasteiger partial charge in [-0.2, -0.15) is 0 Å². The van der Waals surface area contributed by atoms with Gasteiger partial charge in [0.2, 0.25) is 0 Å². The summed E-state index contributed by atoms with van der Waals surface area (Å²) in [7, 11) is 0. The molecular weight excluding hydrogens is 249 g/mol. The van der Waals surface area contributed by atoms with E-state index >= 15 is 0 Å². The third kappa shape index (κ3) is 3.19. The average molecular weight is 261 g/mol. The van der Waals surface area contributed by atoms with Crippen LogP contribution in [0, 0.1) is 5.82 Å². The smallest absolute Gasteiger partial charge is 0.251 e. The van der Waals surface area contributed by atoms with Gasteiger partial charge in [-0.25, -0.2) is 4.39 Å². The number of amides is 1. The molecule has 0 fully saturated rings. The van der Waals surface area contributed by atoms with Crippen molar-refractivity contribution in [1.82, 2.24) is 4.98 Å². The Hall–Kier alpha value is -2.63. The predicted molar refractivity (Wildman–Crippen MR) is 68.1 cm³/mol. The number of nitrogens with zero attached hydrogens (tertiary/aromatic N) is 1. The molecule has 0 atom stereocenters. The Balaban J connectivity index is 2.09. The number of nitrogens with one attached hydrogen (secondary N) is 1. The summed E-state index contributed by atoms with van der Waals surface area (Å²) in [5, 5.41) is 12.1. The van der Waals surface area contributed by atoms with E-state index in [-0.39, 0.29) is 11.3 Å². The largest absolute Gasteiger partial charge is 0.506 e. The number of primary amides is 1. The van der Waals surface area contributed by atoms with Gasteiger partial charge in [-0.15, -0.1) is 0 Å². The van der Waals surface area contributed by atoms with Crippen LogP contribution in [-0.4, -0.2) is 16.0 Å². The lowest BCUT2D eigenvalue weighted by Crippen LogP contribution is -2.13. The van der Waals surface area contributed by atoms with Crippen molar-refractivity contribution in [1.29, 1.82) is 0 Å². The zero-order chi connectivity index (χ0) is 13.8. The number of carbonyl (C=O) groups is 1. The minimum Gasteiger partial charge on any atom is -0.506 e. The van der Waals surface area contributed by atoms with Crippen LogP contribution in [0.1, 0.15) is 16.1 Å². The highest BCUT2D eigenvalue weighted by molar-refractivity contribution is 5.94. The number of benzene rings is 1. The summed E-state index contributed by atoms with van der Waals surface area (Å²) in [6.07, 6.45) is 1.33. The van der Waals surface area contributed by atoms with Crippen molar-refractivity contribution < 1.29 is 14.3 Å². The Morgan fingerprint density at radius 2 is 2.16 bits per heavy atom. The Bertz CT molecular complexity index is 599. The molecule has 2 aromatic rings. The van der Waals surface area contributed by atoms with Gasteiger partial charge in [0.15, 0.2) is 0 Å². The molecule has 2 rings (SSSR count). The molecule has 98 valence electrons. The van der Waals surface area contributed by atoms with E-state index in [4.69, 9.17) is 10.8 Å². The van der Waals surface area contributed by atoms with Crippen molar-refractivity contribution in [3.05, 3.63) is 53.6 Å². The second-order valence-electron chi connectivity index (χ2n) is 3.92. The molecule has 5 nitrogen and oxygen atoms in total. The van der Waals surface area contributed by atoms with Crippen molar-refractivity contribution in [2.24, 2.45) is 5.73 Å². The fourth-order valence-corrected chi connectivity index (χ4v) is 1.54. The number of carbonyl (C=O) groups excluding carboxylic acids is 1. The highest BCUT2D eigenvalue weighted by atomic mass is 19.1. The molecule has 1 amide bonds. The van der Waals surface area contributed by atoms with Gasteiger partial charge in [-0.3, -0.25) is 9.78 Å². The first-order chi connectivity index (χ1) is 9.06. The maximum atomic E-state index is 13.3. The van der Waals surface area contributed by atoms with E-state index < -0.39 is 11.7 Å². The number of pyridine rings is 1. The Morgan fingerprint density at radius 3 is 2.79 bits per heavy atom. The molecule has 0 bridgehead atoms. The molecule has 4 N–H and O–H groups in total. The van der Waals surface area contributed by atoms with Gasteiger partial charge >= 0.3 is 0 Å². The van der Waals surface area contributed by atoms with E-state index in [0.717, 1.165) is 0 Å². The van der Waals surface area contributed by atoms with Crippen LogP contribution in [0.2, 0.25) is 0 Å². The van der Waals surface area contributed by atoms with E-state index in [9.17, 15) is 9.18 Å². The molecule has 19 heavy (non-hydrogen) atoms. The molecule has 6 heteroatoms. The lowest BCUT2D eigenvalue weighted by atomic mass is 10.1. The molecule has 1 heterocycles. The van der Waals surface area contributed by atoms with Crippen LogP contribution in [0.15, 0.2) is 36.5 Å². The highest BCUT2D eigenvalue weighted by Crippen LogP contribution is 2.15. The Morgan fingerprint density at radius 1 is 1.37 bits per heavy atom. The number of rotatable bonds is 4. The van der Waals surface area contributed by atoms with Crippen LogP contribution in [0.5, 0.6) is 5.75 Å².